The third-order valence-electron chi connectivity index (χ3n) is 3.10. The normalized spacial score (nSPS) is 11.8. The van der Waals surface area contributed by atoms with E-state index in [1.54, 1.807) is 24.3 Å². The minimum Gasteiger partial charge on any atom is -0.324 e. The molecule has 1 atom stereocenters. The molecule has 3 N–H and O–H groups in total. The van der Waals surface area contributed by atoms with Gasteiger partial charge in [0.2, 0.25) is 0 Å². The molecule has 0 saturated carbocycles. The molecule has 0 heterocycles. The van der Waals surface area contributed by atoms with E-state index in [0.717, 1.165) is 5.56 Å². The first-order valence-corrected chi connectivity index (χ1v) is 7.28. The molecule has 0 aromatic heterocycles. The molecule has 0 aliphatic heterocycles. The molecule has 2 aromatic carbocycles. The summed E-state index contributed by atoms with van der Waals surface area (Å²) in [7, 11) is 0. The molecule has 0 saturated heterocycles. The van der Waals surface area contributed by atoms with Crippen LogP contribution in [0.15, 0.2) is 36.4 Å². The van der Waals surface area contributed by atoms with Crippen LogP contribution in [-0.4, -0.2) is 0 Å². The quantitative estimate of drug-likeness (QED) is 0.622. The third-order valence-corrected chi connectivity index (χ3v) is 3.98. The van der Waals surface area contributed by atoms with Crippen LogP contribution in [0.2, 0.25) is 15.1 Å². The first-order valence-electron chi connectivity index (χ1n) is 6.14. The summed E-state index contributed by atoms with van der Waals surface area (Å²) >= 11 is 18.3. The molecule has 21 heavy (non-hydrogen) atoms. The third kappa shape index (κ3) is 3.81. The zero-order valence-corrected chi connectivity index (χ0v) is 13.2. The summed E-state index contributed by atoms with van der Waals surface area (Å²) in [5.74, 6) is 4.89. The van der Waals surface area contributed by atoms with E-state index in [4.69, 9.17) is 40.6 Å². The van der Waals surface area contributed by atoms with Crippen molar-refractivity contribution >= 4 is 40.5 Å². The minimum atomic E-state index is -0.446. The second kappa shape index (κ2) is 7.02. The van der Waals surface area contributed by atoms with Gasteiger partial charge in [0, 0.05) is 20.6 Å². The van der Waals surface area contributed by atoms with Crippen molar-refractivity contribution in [1.82, 2.24) is 0 Å². The molecular weight excluding hydrogens is 329 g/mol. The highest BCUT2D eigenvalue weighted by Crippen LogP contribution is 2.36. The van der Waals surface area contributed by atoms with Gasteiger partial charge < -0.3 is 5.43 Å². The molecule has 0 fully saturated rings. The smallest absolute Gasteiger partial charge is 0.0782 e. The maximum atomic E-state index is 9.44. The van der Waals surface area contributed by atoms with Gasteiger partial charge >= 0.3 is 0 Å². The Balaban J connectivity index is 2.34. The fraction of sp³-hybridized carbons (Fsp3) is 0.133. The van der Waals surface area contributed by atoms with E-state index in [1.807, 2.05) is 12.1 Å². The SMILES string of the molecule is N#CC(Cc1ccc(Cl)cc1)c1c(Cl)cc(NN)cc1Cl. The average molecular weight is 341 g/mol. The van der Waals surface area contributed by atoms with Crippen molar-refractivity contribution in [1.29, 1.82) is 5.26 Å². The van der Waals surface area contributed by atoms with Crippen LogP contribution in [-0.2, 0) is 6.42 Å². The molecule has 0 bridgehead atoms. The maximum Gasteiger partial charge on any atom is 0.0782 e. The number of hydrogen-bond acceptors (Lipinski definition) is 3. The van der Waals surface area contributed by atoms with Crippen LogP contribution in [0, 0.1) is 11.3 Å². The largest absolute Gasteiger partial charge is 0.324 e. The molecular formula is C15H12Cl3N3. The second-order valence-electron chi connectivity index (χ2n) is 4.51. The Morgan fingerprint density at radius 3 is 2.14 bits per heavy atom. The van der Waals surface area contributed by atoms with Gasteiger partial charge in [0.25, 0.3) is 0 Å². The van der Waals surface area contributed by atoms with Gasteiger partial charge in [-0.25, -0.2) is 0 Å². The van der Waals surface area contributed by atoms with E-state index >= 15 is 0 Å². The van der Waals surface area contributed by atoms with E-state index in [0.29, 0.717) is 32.7 Å². The highest BCUT2D eigenvalue weighted by Gasteiger charge is 2.19. The Morgan fingerprint density at radius 1 is 1.10 bits per heavy atom. The highest BCUT2D eigenvalue weighted by molar-refractivity contribution is 6.36. The lowest BCUT2D eigenvalue weighted by molar-refractivity contribution is 0.850. The predicted octanol–water partition coefficient (Wildman–Crippen LogP) is 4.78. The van der Waals surface area contributed by atoms with Gasteiger partial charge in [0.05, 0.1) is 17.7 Å². The molecule has 0 aliphatic carbocycles. The van der Waals surface area contributed by atoms with Gasteiger partial charge in [-0.3, -0.25) is 5.84 Å². The van der Waals surface area contributed by atoms with Crippen molar-refractivity contribution in [2.45, 2.75) is 12.3 Å². The van der Waals surface area contributed by atoms with Crippen LogP contribution in [0.3, 0.4) is 0 Å². The van der Waals surface area contributed by atoms with Gasteiger partial charge in [0.15, 0.2) is 0 Å². The molecule has 6 heteroatoms. The van der Waals surface area contributed by atoms with E-state index in [-0.39, 0.29) is 0 Å². The van der Waals surface area contributed by atoms with Crippen LogP contribution in [0.4, 0.5) is 5.69 Å². The summed E-state index contributed by atoms with van der Waals surface area (Å²) < 4.78 is 0. The van der Waals surface area contributed by atoms with Crippen LogP contribution in [0.1, 0.15) is 17.0 Å². The van der Waals surface area contributed by atoms with Crippen LogP contribution < -0.4 is 11.3 Å². The lowest BCUT2D eigenvalue weighted by Crippen LogP contribution is -2.08. The Hall–Kier alpha value is -1.44. The monoisotopic (exact) mass is 339 g/mol. The zero-order valence-electron chi connectivity index (χ0n) is 10.9. The number of nitrogen functional groups attached to an aromatic ring is 1. The van der Waals surface area contributed by atoms with Gasteiger partial charge in [0.1, 0.15) is 0 Å². The van der Waals surface area contributed by atoms with E-state index in [2.05, 4.69) is 11.5 Å². The van der Waals surface area contributed by atoms with Crippen LogP contribution in [0.5, 0.6) is 0 Å². The summed E-state index contributed by atoms with van der Waals surface area (Å²) in [5, 5.41) is 10.9. The number of rotatable bonds is 4. The van der Waals surface area contributed by atoms with Crippen molar-refractivity contribution in [3.63, 3.8) is 0 Å². The van der Waals surface area contributed by atoms with Crippen molar-refractivity contribution in [3.05, 3.63) is 62.6 Å². The lowest BCUT2D eigenvalue weighted by Gasteiger charge is -2.15. The topological polar surface area (TPSA) is 61.8 Å². The minimum absolute atomic E-state index is 0.413. The zero-order chi connectivity index (χ0) is 15.4. The number of hydrogen-bond donors (Lipinski definition) is 2. The number of hydrazine groups is 1. The Morgan fingerprint density at radius 2 is 1.67 bits per heavy atom. The molecule has 2 rings (SSSR count). The summed E-state index contributed by atoms with van der Waals surface area (Å²) in [6.45, 7) is 0. The van der Waals surface area contributed by atoms with Crippen LogP contribution >= 0.6 is 34.8 Å². The predicted molar refractivity (Wildman–Crippen MR) is 87.8 cm³/mol. The Kier molecular flexibility index (Phi) is 5.33. The van der Waals surface area contributed by atoms with E-state index in [9.17, 15) is 5.26 Å². The van der Waals surface area contributed by atoms with Crippen LogP contribution in [0.25, 0.3) is 0 Å². The molecule has 3 nitrogen and oxygen atoms in total. The van der Waals surface area contributed by atoms with Crippen molar-refractivity contribution < 1.29 is 0 Å². The molecule has 0 spiro atoms. The fourth-order valence-electron chi connectivity index (χ4n) is 2.07. The van der Waals surface area contributed by atoms with Gasteiger partial charge in [-0.2, -0.15) is 5.26 Å². The summed E-state index contributed by atoms with van der Waals surface area (Å²) in [4.78, 5) is 0. The molecule has 108 valence electrons. The molecule has 2 aromatic rings. The van der Waals surface area contributed by atoms with Crippen molar-refractivity contribution in [2.75, 3.05) is 5.43 Å². The van der Waals surface area contributed by atoms with E-state index < -0.39 is 5.92 Å². The van der Waals surface area contributed by atoms with Gasteiger partial charge in [-0.15, -0.1) is 0 Å². The number of halogens is 3. The lowest BCUT2D eigenvalue weighted by atomic mass is 9.93. The summed E-state index contributed by atoms with van der Waals surface area (Å²) in [6, 6.07) is 12.9. The first-order chi connectivity index (χ1) is 10.0. The van der Waals surface area contributed by atoms with Crippen molar-refractivity contribution in [2.24, 2.45) is 5.84 Å². The molecule has 0 amide bonds. The molecule has 1 unspecified atom stereocenters. The Labute approximate surface area is 138 Å². The number of benzene rings is 2. The number of nitrogens with zero attached hydrogens (tertiary/aromatic N) is 1. The number of nitriles is 1. The second-order valence-corrected chi connectivity index (χ2v) is 5.76. The molecule has 0 radical (unpaired) electrons. The van der Waals surface area contributed by atoms with E-state index in [1.165, 1.54) is 0 Å². The highest BCUT2D eigenvalue weighted by atomic mass is 35.5. The fourth-order valence-corrected chi connectivity index (χ4v) is 2.95. The average Bonchev–Trinajstić information content (AvgIpc) is 2.47. The number of anilines is 1. The maximum absolute atomic E-state index is 9.44. The standard InChI is InChI=1S/C15H12Cl3N3/c16-11-3-1-9(2-4-11)5-10(8-19)15-13(17)6-12(21-20)7-14(15)18/h1-4,6-7,10,21H,5,20H2. The van der Waals surface area contributed by atoms with Crippen molar-refractivity contribution in [3.8, 4) is 6.07 Å². The van der Waals surface area contributed by atoms with Gasteiger partial charge in [-0.05, 0) is 36.2 Å². The Bertz CT molecular complexity index is 655. The number of nitrogens with two attached hydrogens (primary N) is 1. The molecule has 0 aliphatic rings. The first kappa shape index (κ1) is 15.9. The summed E-state index contributed by atoms with van der Waals surface area (Å²) in [5.41, 5.74) is 4.67. The summed E-state index contributed by atoms with van der Waals surface area (Å²) in [6.07, 6.45) is 0.502. The number of nitrogens with one attached hydrogen (secondary N) is 1. The van der Waals surface area contributed by atoms with Gasteiger partial charge in [-0.1, -0.05) is 46.9 Å².